The standard InChI is InChI=1S/C29H26N8O2/c1-3-4-8-25(38)32-19-11-18(13-30-14-19)22-9-10-23-27(33-22)28(37-36-23)29-34-24-16-31-15-21(26(24)35-29)17-6-5-7-20(12-17)39-2/h5-7,9-16H,3-4,8H2,1-2H3,(H,32,38)(H,34,35)(H,36,37). The summed E-state index contributed by atoms with van der Waals surface area (Å²) in [4.78, 5) is 34.0. The third-order valence-electron chi connectivity index (χ3n) is 6.48. The van der Waals surface area contributed by atoms with Crippen LogP contribution in [0.15, 0.2) is 67.3 Å². The molecule has 0 spiro atoms. The van der Waals surface area contributed by atoms with E-state index in [1.807, 2.05) is 42.5 Å². The average Bonchev–Trinajstić information content (AvgIpc) is 3.60. The molecule has 6 aromatic rings. The summed E-state index contributed by atoms with van der Waals surface area (Å²) < 4.78 is 5.39. The summed E-state index contributed by atoms with van der Waals surface area (Å²) in [5.41, 5.74) is 7.55. The number of ether oxygens (including phenoxy) is 1. The highest BCUT2D eigenvalue weighted by atomic mass is 16.5. The van der Waals surface area contributed by atoms with Crippen LogP contribution in [0.1, 0.15) is 26.2 Å². The number of aromatic nitrogens is 7. The molecule has 10 heteroatoms. The second kappa shape index (κ2) is 10.3. The van der Waals surface area contributed by atoms with Gasteiger partial charge >= 0.3 is 0 Å². The number of anilines is 1. The number of H-pyrrole nitrogens is 2. The first-order chi connectivity index (χ1) is 19.1. The van der Waals surface area contributed by atoms with Crippen LogP contribution in [0.4, 0.5) is 5.69 Å². The van der Waals surface area contributed by atoms with Crippen molar-refractivity contribution >= 4 is 33.7 Å². The molecule has 5 aromatic heterocycles. The Morgan fingerprint density at radius 1 is 0.949 bits per heavy atom. The van der Waals surface area contributed by atoms with Crippen molar-refractivity contribution in [1.82, 2.24) is 35.1 Å². The molecule has 0 saturated heterocycles. The Morgan fingerprint density at radius 3 is 2.72 bits per heavy atom. The van der Waals surface area contributed by atoms with Crippen LogP contribution in [0, 0.1) is 0 Å². The van der Waals surface area contributed by atoms with E-state index in [9.17, 15) is 4.79 Å². The zero-order valence-corrected chi connectivity index (χ0v) is 21.5. The zero-order chi connectivity index (χ0) is 26.8. The monoisotopic (exact) mass is 518 g/mol. The number of fused-ring (bicyclic) bond motifs is 2. The Morgan fingerprint density at radius 2 is 1.85 bits per heavy atom. The Bertz CT molecular complexity index is 1810. The molecule has 0 saturated carbocycles. The fourth-order valence-electron chi connectivity index (χ4n) is 4.48. The second-order valence-electron chi connectivity index (χ2n) is 9.18. The molecule has 0 aliphatic carbocycles. The zero-order valence-electron chi connectivity index (χ0n) is 21.5. The fourth-order valence-corrected chi connectivity index (χ4v) is 4.48. The lowest BCUT2D eigenvalue weighted by Gasteiger charge is -2.07. The van der Waals surface area contributed by atoms with Gasteiger partial charge in [-0.05, 0) is 42.3 Å². The lowest BCUT2D eigenvalue weighted by molar-refractivity contribution is -0.116. The summed E-state index contributed by atoms with van der Waals surface area (Å²) in [6, 6.07) is 13.5. The van der Waals surface area contributed by atoms with Crippen molar-refractivity contribution in [2.75, 3.05) is 12.4 Å². The number of carbonyl (C=O) groups excluding carboxylic acids is 1. The normalized spacial score (nSPS) is 11.2. The number of rotatable bonds is 8. The molecule has 1 aromatic carbocycles. The van der Waals surface area contributed by atoms with E-state index in [0.29, 0.717) is 34.8 Å². The van der Waals surface area contributed by atoms with Gasteiger partial charge in [-0.1, -0.05) is 25.5 Å². The van der Waals surface area contributed by atoms with Crippen molar-refractivity contribution in [2.45, 2.75) is 26.2 Å². The molecule has 3 N–H and O–H groups in total. The lowest BCUT2D eigenvalue weighted by atomic mass is 10.1. The second-order valence-corrected chi connectivity index (χ2v) is 9.18. The summed E-state index contributed by atoms with van der Waals surface area (Å²) in [7, 11) is 1.64. The van der Waals surface area contributed by atoms with Gasteiger partial charge in [0.25, 0.3) is 0 Å². The molecule has 0 aliphatic rings. The van der Waals surface area contributed by atoms with Crippen LogP contribution in [-0.4, -0.2) is 48.1 Å². The summed E-state index contributed by atoms with van der Waals surface area (Å²) in [5, 5.41) is 10.5. The van der Waals surface area contributed by atoms with Crippen LogP contribution in [0.3, 0.4) is 0 Å². The van der Waals surface area contributed by atoms with Gasteiger partial charge in [0.1, 0.15) is 11.3 Å². The minimum atomic E-state index is -0.0241. The number of methoxy groups -OCH3 is 1. The first-order valence-electron chi connectivity index (χ1n) is 12.7. The molecular weight excluding hydrogens is 492 g/mol. The molecule has 10 nitrogen and oxygen atoms in total. The highest BCUT2D eigenvalue weighted by Crippen LogP contribution is 2.32. The van der Waals surface area contributed by atoms with Crippen molar-refractivity contribution in [3.8, 4) is 39.7 Å². The summed E-state index contributed by atoms with van der Waals surface area (Å²) in [5.74, 6) is 1.31. The summed E-state index contributed by atoms with van der Waals surface area (Å²) >= 11 is 0. The number of aromatic amines is 2. The minimum Gasteiger partial charge on any atom is -0.497 e. The van der Waals surface area contributed by atoms with Crippen molar-refractivity contribution < 1.29 is 9.53 Å². The van der Waals surface area contributed by atoms with Gasteiger partial charge in [0.15, 0.2) is 11.5 Å². The number of unbranched alkanes of at least 4 members (excludes halogenated alkanes) is 1. The smallest absolute Gasteiger partial charge is 0.224 e. The van der Waals surface area contributed by atoms with Crippen LogP contribution < -0.4 is 10.1 Å². The van der Waals surface area contributed by atoms with Crippen molar-refractivity contribution in [2.24, 2.45) is 0 Å². The molecular formula is C29H26N8O2. The number of pyridine rings is 3. The molecule has 1 amide bonds. The maximum absolute atomic E-state index is 12.2. The topological polar surface area (TPSA) is 134 Å². The van der Waals surface area contributed by atoms with Gasteiger partial charge in [0.2, 0.25) is 5.91 Å². The van der Waals surface area contributed by atoms with Gasteiger partial charge < -0.3 is 15.0 Å². The summed E-state index contributed by atoms with van der Waals surface area (Å²) in [6.45, 7) is 2.06. The van der Waals surface area contributed by atoms with Crippen LogP contribution >= 0.6 is 0 Å². The highest BCUT2D eigenvalue weighted by Gasteiger charge is 2.17. The van der Waals surface area contributed by atoms with E-state index < -0.39 is 0 Å². The van der Waals surface area contributed by atoms with Crippen LogP contribution in [0.25, 0.3) is 56.0 Å². The molecule has 0 bridgehead atoms. The lowest BCUT2D eigenvalue weighted by Crippen LogP contribution is -2.11. The quantitative estimate of drug-likeness (QED) is 0.233. The molecule has 0 atom stereocenters. The molecule has 194 valence electrons. The van der Waals surface area contributed by atoms with E-state index in [4.69, 9.17) is 14.7 Å². The highest BCUT2D eigenvalue weighted by molar-refractivity contribution is 5.96. The predicted octanol–water partition coefficient (Wildman–Crippen LogP) is 5.76. The number of benzene rings is 1. The van der Waals surface area contributed by atoms with Gasteiger partial charge in [-0.15, -0.1) is 0 Å². The SMILES string of the molecule is CCCCC(=O)Nc1cncc(-c2ccc3[nH]nc(-c4nc5c(-c6cccc(OC)c6)cncc5[nH]4)c3n2)c1. The average molecular weight is 519 g/mol. The van der Waals surface area contributed by atoms with Crippen molar-refractivity contribution in [3.63, 3.8) is 0 Å². The van der Waals surface area contributed by atoms with Crippen LogP contribution in [0.5, 0.6) is 5.75 Å². The number of imidazole rings is 1. The van der Waals surface area contributed by atoms with Crippen molar-refractivity contribution in [1.29, 1.82) is 0 Å². The number of nitrogens with one attached hydrogen (secondary N) is 3. The fraction of sp³-hybridized carbons (Fsp3) is 0.172. The molecule has 0 aliphatic heterocycles. The number of amides is 1. The minimum absolute atomic E-state index is 0.0241. The number of hydrogen-bond acceptors (Lipinski definition) is 7. The van der Waals surface area contributed by atoms with Gasteiger partial charge in [0, 0.05) is 29.9 Å². The third-order valence-corrected chi connectivity index (χ3v) is 6.48. The van der Waals surface area contributed by atoms with Crippen LogP contribution in [0.2, 0.25) is 0 Å². The Balaban J connectivity index is 1.37. The summed E-state index contributed by atoms with van der Waals surface area (Å²) in [6.07, 6.45) is 9.19. The molecule has 0 radical (unpaired) electrons. The van der Waals surface area contributed by atoms with Crippen LogP contribution in [-0.2, 0) is 4.79 Å². The van der Waals surface area contributed by atoms with Gasteiger partial charge in [-0.25, -0.2) is 9.97 Å². The maximum Gasteiger partial charge on any atom is 0.224 e. The molecule has 39 heavy (non-hydrogen) atoms. The molecule has 5 heterocycles. The van der Waals surface area contributed by atoms with E-state index in [1.54, 1.807) is 31.9 Å². The largest absolute Gasteiger partial charge is 0.497 e. The third kappa shape index (κ3) is 4.79. The van der Waals surface area contributed by atoms with E-state index in [2.05, 4.69) is 37.4 Å². The first-order valence-corrected chi connectivity index (χ1v) is 12.7. The Hall–Kier alpha value is -5.12. The predicted molar refractivity (Wildman–Crippen MR) is 150 cm³/mol. The van der Waals surface area contributed by atoms with E-state index >= 15 is 0 Å². The van der Waals surface area contributed by atoms with Gasteiger partial charge in [0.05, 0.1) is 47.4 Å². The molecule has 0 unspecified atom stereocenters. The van der Waals surface area contributed by atoms with E-state index in [1.165, 1.54) is 0 Å². The number of hydrogen-bond donors (Lipinski definition) is 3. The number of carbonyl (C=O) groups is 1. The molecule has 0 fully saturated rings. The van der Waals surface area contributed by atoms with E-state index in [-0.39, 0.29) is 5.91 Å². The first kappa shape index (κ1) is 24.2. The number of nitrogens with zero attached hydrogens (tertiary/aromatic N) is 5. The van der Waals surface area contributed by atoms with Gasteiger partial charge in [-0.3, -0.25) is 19.9 Å². The maximum atomic E-state index is 12.2. The molecule has 6 rings (SSSR count). The Labute approximate surface area is 223 Å². The van der Waals surface area contributed by atoms with Crippen molar-refractivity contribution in [3.05, 3.63) is 67.3 Å². The Kier molecular flexibility index (Phi) is 6.42. The van der Waals surface area contributed by atoms with E-state index in [0.717, 1.165) is 51.8 Å². The van der Waals surface area contributed by atoms with Gasteiger partial charge in [-0.2, -0.15) is 5.10 Å².